The standard InChI is InChI=1S/C17H24Si/c1-3-4-6-9-15-13-17(12-14(15)2)18-16-10-7-5-8-11-16/h5,7-8,10-12H,3-4,6,9,13,18H2,1-2H3. The summed E-state index contributed by atoms with van der Waals surface area (Å²) < 4.78 is 0. The van der Waals surface area contributed by atoms with Crippen molar-refractivity contribution in [2.75, 3.05) is 0 Å². The van der Waals surface area contributed by atoms with Crippen LogP contribution in [0.2, 0.25) is 0 Å². The molecule has 0 bridgehead atoms. The van der Waals surface area contributed by atoms with Gasteiger partial charge < -0.3 is 0 Å². The van der Waals surface area contributed by atoms with Crippen LogP contribution < -0.4 is 5.19 Å². The third kappa shape index (κ3) is 3.71. The topological polar surface area (TPSA) is 0 Å². The fourth-order valence-corrected chi connectivity index (χ4v) is 4.59. The maximum atomic E-state index is 2.47. The van der Waals surface area contributed by atoms with Gasteiger partial charge in [-0.25, -0.2) is 0 Å². The second kappa shape index (κ2) is 6.74. The third-order valence-electron chi connectivity index (χ3n) is 3.77. The van der Waals surface area contributed by atoms with Crippen LogP contribution in [0, 0.1) is 0 Å². The van der Waals surface area contributed by atoms with Crippen LogP contribution >= 0.6 is 0 Å². The van der Waals surface area contributed by atoms with E-state index in [0.717, 1.165) is 0 Å². The van der Waals surface area contributed by atoms with E-state index in [9.17, 15) is 0 Å². The van der Waals surface area contributed by atoms with Gasteiger partial charge in [-0.3, -0.25) is 0 Å². The number of unbranched alkanes of at least 4 members (excludes halogenated alkanes) is 2. The number of rotatable bonds is 6. The van der Waals surface area contributed by atoms with Crippen molar-refractivity contribution in [3.8, 4) is 0 Å². The van der Waals surface area contributed by atoms with E-state index in [-0.39, 0.29) is 9.52 Å². The summed E-state index contributed by atoms with van der Waals surface area (Å²) in [5.41, 5.74) is 3.27. The van der Waals surface area contributed by atoms with Crippen molar-refractivity contribution in [3.63, 3.8) is 0 Å². The van der Waals surface area contributed by atoms with E-state index < -0.39 is 0 Å². The van der Waals surface area contributed by atoms with E-state index in [0.29, 0.717) is 0 Å². The minimum atomic E-state index is -0.208. The van der Waals surface area contributed by atoms with Gasteiger partial charge >= 0.3 is 0 Å². The van der Waals surface area contributed by atoms with Gasteiger partial charge in [0.15, 0.2) is 0 Å². The molecule has 1 heteroatoms. The molecular weight excluding hydrogens is 232 g/mol. The molecule has 1 aliphatic rings. The van der Waals surface area contributed by atoms with Gasteiger partial charge in [-0.15, -0.1) is 0 Å². The van der Waals surface area contributed by atoms with Crippen molar-refractivity contribution in [1.29, 1.82) is 0 Å². The zero-order valence-corrected chi connectivity index (χ0v) is 13.1. The molecule has 18 heavy (non-hydrogen) atoms. The van der Waals surface area contributed by atoms with E-state index in [4.69, 9.17) is 0 Å². The van der Waals surface area contributed by atoms with E-state index in [1.54, 1.807) is 21.5 Å². The molecule has 0 amide bonds. The Morgan fingerprint density at radius 3 is 2.61 bits per heavy atom. The normalized spacial score (nSPS) is 15.8. The molecule has 0 N–H and O–H groups in total. The molecule has 1 aromatic rings. The lowest BCUT2D eigenvalue weighted by Gasteiger charge is -2.06. The lowest BCUT2D eigenvalue weighted by molar-refractivity contribution is 0.706. The number of hydrogen-bond acceptors (Lipinski definition) is 0. The molecule has 0 unspecified atom stereocenters. The van der Waals surface area contributed by atoms with E-state index in [1.165, 1.54) is 32.1 Å². The molecule has 1 aromatic carbocycles. The summed E-state index contributed by atoms with van der Waals surface area (Å²) in [5.74, 6) is 0. The first-order chi connectivity index (χ1) is 8.79. The Hall–Kier alpha value is -1.08. The van der Waals surface area contributed by atoms with Gasteiger partial charge in [0.2, 0.25) is 0 Å². The monoisotopic (exact) mass is 256 g/mol. The second-order valence-electron chi connectivity index (χ2n) is 5.39. The number of allylic oxidation sites excluding steroid dienone is 4. The molecule has 0 saturated heterocycles. The Labute approximate surface area is 114 Å². The van der Waals surface area contributed by atoms with Gasteiger partial charge in [0.1, 0.15) is 0 Å². The van der Waals surface area contributed by atoms with Crippen LogP contribution in [0.3, 0.4) is 0 Å². The van der Waals surface area contributed by atoms with Crippen LogP contribution in [0.15, 0.2) is 52.8 Å². The second-order valence-corrected chi connectivity index (χ2v) is 7.46. The quantitative estimate of drug-likeness (QED) is 0.538. The molecule has 0 nitrogen and oxygen atoms in total. The Kier molecular flexibility index (Phi) is 5.00. The van der Waals surface area contributed by atoms with Gasteiger partial charge in [0.05, 0.1) is 9.52 Å². The summed E-state index contributed by atoms with van der Waals surface area (Å²) >= 11 is 0. The SMILES string of the molecule is CCCCCC1=C(C)C=C([SiH2]c2ccccc2)C1. The molecule has 96 valence electrons. The predicted molar refractivity (Wildman–Crippen MR) is 84.2 cm³/mol. The van der Waals surface area contributed by atoms with Gasteiger partial charge in [-0.2, -0.15) is 0 Å². The van der Waals surface area contributed by atoms with Crippen molar-refractivity contribution in [2.45, 2.75) is 46.0 Å². The Bertz CT molecular complexity index is 440. The lowest BCUT2D eigenvalue weighted by Crippen LogP contribution is -2.15. The molecule has 0 saturated carbocycles. The average molecular weight is 256 g/mol. The largest absolute Gasteiger partial charge is 0.0828 e. The Morgan fingerprint density at radius 2 is 1.89 bits per heavy atom. The maximum Gasteiger partial charge on any atom is 0.0828 e. The highest BCUT2D eigenvalue weighted by Gasteiger charge is 2.13. The van der Waals surface area contributed by atoms with Crippen LogP contribution in [0.1, 0.15) is 46.0 Å². The summed E-state index contributed by atoms with van der Waals surface area (Å²) in [4.78, 5) is 0. The summed E-state index contributed by atoms with van der Waals surface area (Å²) in [5, 5.41) is 3.30. The highest BCUT2D eigenvalue weighted by molar-refractivity contribution is 6.61. The maximum absolute atomic E-state index is 2.47. The van der Waals surface area contributed by atoms with Crippen LogP contribution in [-0.2, 0) is 0 Å². The molecule has 0 atom stereocenters. The number of benzene rings is 1. The predicted octanol–water partition coefficient (Wildman–Crippen LogP) is 3.67. The lowest BCUT2D eigenvalue weighted by atomic mass is 10.0. The van der Waals surface area contributed by atoms with E-state index >= 15 is 0 Å². The first-order valence-electron chi connectivity index (χ1n) is 7.21. The smallest absolute Gasteiger partial charge is 0.0784 e. The number of hydrogen-bond donors (Lipinski definition) is 0. The van der Waals surface area contributed by atoms with Crippen molar-refractivity contribution < 1.29 is 0 Å². The highest BCUT2D eigenvalue weighted by atomic mass is 28.2. The zero-order valence-electron chi connectivity index (χ0n) is 11.7. The summed E-state index contributed by atoms with van der Waals surface area (Å²) in [6, 6.07) is 11.0. The average Bonchev–Trinajstić information content (AvgIpc) is 2.71. The molecule has 0 fully saturated rings. The third-order valence-corrected chi connectivity index (χ3v) is 5.56. The fraction of sp³-hybridized carbons (Fsp3) is 0.412. The van der Waals surface area contributed by atoms with Crippen molar-refractivity contribution in [2.24, 2.45) is 0 Å². The van der Waals surface area contributed by atoms with Crippen molar-refractivity contribution in [1.82, 2.24) is 0 Å². The highest BCUT2D eigenvalue weighted by Crippen LogP contribution is 2.28. The first-order valence-corrected chi connectivity index (χ1v) is 8.63. The van der Waals surface area contributed by atoms with Crippen molar-refractivity contribution >= 4 is 14.7 Å². The summed E-state index contributed by atoms with van der Waals surface area (Å²) in [6.07, 6.45) is 9.14. The van der Waals surface area contributed by atoms with E-state index in [2.05, 4.69) is 50.3 Å². The molecule has 1 aliphatic carbocycles. The minimum Gasteiger partial charge on any atom is -0.0784 e. The Balaban J connectivity index is 1.87. The molecular formula is C17H24Si. The first kappa shape index (κ1) is 13.4. The Morgan fingerprint density at radius 1 is 1.11 bits per heavy atom. The van der Waals surface area contributed by atoms with Gasteiger partial charge in [-0.1, -0.05) is 77.7 Å². The summed E-state index contributed by atoms with van der Waals surface area (Å²) in [7, 11) is -0.208. The van der Waals surface area contributed by atoms with Gasteiger partial charge in [-0.05, 0) is 26.2 Å². The van der Waals surface area contributed by atoms with Crippen LogP contribution in [-0.4, -0.2) is 9.52 Å². The molecule has 2 rings (SSSR count). The van der Waals surface area contributed by atoms with Crippen LogP contribution in [0.4, 0.5) is 0 Å². The van der Waals surface area contributed by atoms with Gasteiger partial charge in [0.25, 0.3) is 0 Å². The molecule has 0 aliphatic heterocycles. The molecule has 0 radical (unpaired) electrons. The summed E-state index contributed by atoms with van der Waals surface area (Å²) in [6.45, 7) is 4.58. The molecule has 0 spiro atoms. The van der Waals surface area contributed by atoms with Gasteiger partial charge in [0, 0.05) is 0 Å². The molecule has 0 aromatic heterocycles. The van der Waals surface area contributed by atoms with Crippen molar-refractivity contribution in [3.05, 3.63) is 52.8 Å². The van der Waals surface area contributed by atoms with Crippen LogP contribution in [0.25, 0.3) is 0 Å². The minimum absolute atomic E-state index is 0.208. The van der Waals surface area contributed by atoms with E-state index in [1.807, 2.05) is 0 Å². The molecule has 0 heterocycles. The zero-order chi connectivity index (χ0) is 12.8. The fourth-order valence-electron chi connectivity index (χ4n) is 2.72. The van der Waals surface area contributed by atoms with Crippen LogP contribution in [0.5, 0.6) is 0 Å².